The SMILES string of the molecule is CCCCC1CCC(C(=O)Nc2cc(NC(=O)C3CCC(CCCC)CC3)cc(C(=O)NC3CCC(C(C)(C)C)CC3)c2)CC1. The van der Waals surface area contributed by atoms with E-state index in [1.54, 1.807) is 12.1 Å². The van der Waals surface area contributed by atoms with Crippen molar-refractivity contribution >= 4 is 29.1 Å². The lowest BCUT2D eigenvalue weighted by Gasteiger charge is -2.37. The van der Waals surface area contributed by atoms with Crippen molar-refractivity contribution in [1.82, 2.24) is 5.32 Å². The lowest BCUT2D eigenvalue weighted by molar-refractivity contribution is -0.121. The van der Waals surface area contributed by atoms with Crippen LogP contribution >= 0.6 is 0 Å². The number of unbranched alkanes of at least 4 members (excludes halogenated alkanes) is 2. The van der Waals surface area contributed by atoms with Gasteiger partial charge in [-0.3, -0.25) is 14.4 Å². The maximum absolute atomic E-state index is 13.6. The van der Waals surface area contributed by atoms with Crippen molar-refractivity contribution < 1.29 is 14.4 Å². The molecule has 1 aromatic rings. The zero-order chi connectivity index (χ0) is 32.4. The molecule has 6 nitrogen and oxygen atoms in total. The van der Waals surface area contributed by atoms with Gasteiger partial charge in [0.05, 0.1) is 0 Å². The molecule has 3 amide bonds. The van der Waals surface area contributed by atoms with Crippen molar-refractivity contribution in [1.29, 1.82) is 0 Å². The summed E-state index contributed by atoms with van der Waals surface area (Å²) in [6.45, 7) is 11.4. The Morgan fingerprint density at radius 2 is 1.09 bits per heavy atom. The second-order valence-corrected chi connectivity index (χ2v) is 15.9. The highest BCUT2D eigenvalue weighted by molar-refractivity contribution is 6.01. The van der Waals surface area contributed by atoms with Gasteiger partial charge in [-0.1, -0.05) is 73.1 Å². The first-order valence-corrected chi connectivity index (χ1v) is 18.6. The average molecular weight is 622 g/mol. The van der Waals surface area contributed by atoms with Crippen LogP contribution in [0.4, 0.5) is 11.4 Å². The van der Waals surface area contributed by atoms with E-state index in [0.29, 0.717) is 22.9 Å². The van der Waals surface area contributed by atoms with E-state index in [9.17, 15) is 14.4 Å². The Kier molecular flexibility index (Phi) is 13.4. The first-order valence-electron chi connectivity index (χ1n) is 18.6. The van der Waals surface area contributed by atoms with Gasteiger partial charge in [0.1, 0.15) is 0 Å². The molecule has 0 unspecified atom stereocenters. The van der Waals surface area contributed by atoms with Gasteiger partial charge in [-0.15, -0.1) is 0 Å². The predicted octanol–water partition coefficient (Wildman–Crippen LogP) is 9.89. The normalized spacial score (nSPS) is 27.4. The second-order valence-electron chi connectivity index (χ2n) is 15.9. The predicted molar refractivity (Wildman–Crippen MR) is 186 cm³/mol. The van der Waals surface area contributed by atoms with Crippen LogP contribution in [0.25, 0.3) is 0 Å². The van der Waals surface area contributed by atoms with Gasteiger partial charge in [-0.25, -0.2) is 0 Å². The maximum atomic E-state index is 13.6. The number of carbonyl (C=O) groups excluding carboxylic acids is 3. The van der Waals surface area contributed by atoms with Gasteiger partial charge < -0.3 is 16.0 Å². The van der Waals surface area contributed by atoms with Gasteiger partial charge in [0.25, 0.3) is 5.91 Å². The first-order chi connectivity index (χ1) is 21.5. The van der Waals surface area contributed by atoms with E-state index in [4.69, 9.17) is 0 Å². The van der Waals surface area contributed by atoms with E-state index < -0.39 is 0 Å². The van der Waals surface area contributed by atoms with E-state index >= 15 is 0 Å². The molecule has 0 radical (unpaired) electrons. The van der Waals surface area contributed by atoms with Crippen LogP contribution < -0.4 is 16.0 Å². The molecule has 0 heterocycles. The van der Waals surface area contributed by atoms with Crippen molar-refractivity contribution in [2.24, 2.45) is 35.0 Å². The van der Waals surface area contributed by atoms with Crippen molar-refractivity contribution in [3.05, 3.63) is 23.8 Å². The molecule has 3 saturated carbocycles. The van der Waals surface area contributed by atoms with Crippen LogP contribution in [-0.4, -0.2) is 23.8 Å². The quantitative estimate of drug-likeness (QED) is 0.217. The molecule has 0 bridgehead atoms. The molecule has 1 aromatic carbocycles. The molecule has 0 aromatic heterocycles. The van der Waals surface area contributed by atoms with Crippen LogP contribution in [-0.2, 0) is 9.59 Å². The Hall–Kier alpha value is -2.37. The summed E-state index contributed by atoms with van der Waals surface area (Å²) in [5.74, 6) is 2.09. The third kappa shape index (κ3) is 10.8. The summed E-state index contributed by atoms with van der Waals surface area (Å²) in [5.41, 5.74) is 1.97. The average Bonchev–Trinajstić information content (AvgIpc) is 3.03. The van der Waals surface area contributed by atoms with Crippen molar-refractivity contribution in [2.45, 2.75) is 156 Å². The van der Waals surface area contributed by atoms with Gasteiger partial charge in [0.2, 0.25) is 11.8 Å². The number of anilines is 2. The summed E-state index contributed by atoms with van der Waals surface area (Å²) in [5, 5.41) is 9.55. The van der Waals surface area contributed by atoms with Gasteiger partial charge >= 0.3 is 0 Å². The van der Waals surface area contributed by atoms with Gasteiger partial charge in [0.15, 0.2) is 0 Å². The maximum Gasteiger partial charge on any atom is 0.251 e. The molecule has 0 spiro atoms. The first kappa shape index (κ1) is 35.5. The van der Waals surface area contributed by atoms with Crippen molar-refractivity contribution in [2.75, 3.05) is 10.6 Å². The third-order valence-electron chi connectivity index (χ3n) is 11.4. The number of hydrogen-bond donors (Lipinski definition) is 3. The van der Waals surface area contributed by atoms with E-state index in [0.717, 1.165) is 88.9 Å². The van der Waals surface area contributed by atoms with Crippen LogP contribution in [0.1, 0.15) is 161 Å². The Balaban J connectivity index is 1.42. The largest absolute Gasteiger partial charge is 0.349 e. The Morgan fingerprint density at radius 3 is 1.49 bits per heavy atom. The van der Waals surface area contributed by atoms with Crippen LogP contribution in [0, 0.1) is 35.0 Å². The topological polar surface area (TPSA) is 87.3 Å². The molecular formula is C39H63N3O3. The summed E-state index contributed by atoms with van der Waals surface area (Å²) < 4.78 is 0. The summed E-state index contributed by atoms with van der Waals surface area (Å²) in [6, 6.07) is 5.56. The van der Waals surface area contributed by atoms with Crippen LogP contribution in [0.15, 0.2) is 18.2 Å². The van der Waals surface area contributed by atoms with Gasteiger partial charge in [-0.2, -0.15) is 0 Å². The molecule has 3 fully saturated rings. The molecule has 3 aliphatic carbocycles. The summed E-state index contributed by atoms with van der Waals surface area (Å²) in [7, 11) is 0. The standard InChI is InChI=1S/C39H63N3O3/c1-6-8-10-27-12-16-29(17-13-27)36(43)41-34-24-31(38(45)40-33-22-20-32(21-23-33)39(3,4)5)25-35(26-34)42-37(44)30-18-14-28(15-19-30)11-9-7-2/h24-30,32-33H,6-23H2,1-5H3,(H,40,45)(H,41,43)(H,42,44). The number of hydrogen-bond acceptors (Lipinski definition) is 3. The van der Waals surface area contributed by atoms with E-state index in [1.165, 1.54) is 38.5 Å². The van der Waals surface area contributed by atoms with E-state index in [-0.39, 0.29) is 41.0 Å². The Bertz CT molecular complexity index is 1040. The Labute approximate surface area is 274 Å². The number of nitrogens with one attached hydrogen (secondary N) is 3. The minimum atomic E-state index is -0.131. The van der Waals surface area contributed by atoms with Crippen LogP contribution in [0.2, 0.25) is 0 Å². The molecule has 0 saturated heterocycles. The smallest absolute Gasteiger partial charge is 0.251 e. The minimum absolute atomic E-state index is 0.000654. The fraction of sp³-hybridized carbons (Fsp3) is 0.769. The molecule has 3 aliphatic rings. The highest BCUT2D eigenvalue weighted by atomic mass is 16.2. The van der Waals surface area contributed by atoms with Crippen molar-refractivity contribution in [3.63, 3.8) is 0 Å². The van der Waals surface area contributed by atoms with Gasteiger partial charge in [-0.05, 0) is 118 Å². The summed E-state index contributed by atoms with van der Waals surface area (Å²) in [4.78, 5) is 40.4. The second kappa shape index (κ2) is 17.0. The molecule has 0 aliphatic heterocycles. The highest BCUT2D eigenvalue weighted by Crippen LogP contribution is 2.38. The minimum Gasteiger partial charge on any atom is -0.349 e. The zero-order valence-corrected chi connectivity index (χ0v) is 29.1. The zero-order valence-electron chi connectivity index (χ0n) is 29.1. The summed E-state index contributed by atoms with van der Waals surface area (Å²) in [6.07, 6.45) is 19.8. The monoisotopic (exact) mass is 621 g/mol. The van der Waals surface area contributed by atoms with E-state index in [1.807, 2.05) is 6.07 Å². The molecule has 3 N–H and O–H groups in total. The Morgan fingerprint density at radius 1 is 0.644 bits per heavy atom. The summed E-state index contributed by atoms with van der Waals surface area (Å²) >= 11 is 0. The molecule has 252 valence electrons. The van der Waals surface area contributed by atoms with Crippen LogP contribution in [0.3, 0.4) is 0 Å². The number of rotatable bonds is 12. The molecule has 4 rings (SSSR count). The number of amides is 3. The van der Waals surface area contributed by atoms with E-state index in [2.05, 4.69) is 50.6 Å². The lowest BCUT2D eigenvalue weighted by Crippen LogP contribution is -2.39. The molecule has 45 heavy (non-hydrogen) atoms. The number of benzene rings is 1. The molecular weight excluding hydrogens is 558 g/mol. The fourth-order valence-corrected chi connectivity index (χ4v) is 8.18. The highest BCUT2D eigenvalue weighted by Gasteiger charge is 2.31. The third-order valence-corrected chi connectivity index (χ3v) is 11.4. The lowest BCUT2D eigenvalue weighted by atomic mass is 9.71. The van der Waals surface area contributed by atoms with Gasteiger partial charge in [0, 0.05) is 34.8 Å². The van der Waals surface area contributed by atoms with Crippen LogP contribution in [0.5, 0.6) is 0 Å². The fourth-order valence-electron chi connectivity index (χ4n) is 8.18. The number of carbonyl (C=O) groups is 3. The van der Waals surface area contributed by atoms with Crippen molar-refractivity contribution in [3.8, 4) is 0 Å². The molecule has 0 atom stereocenters. The molecule has 6 heteroatoms.